The van der Waals surface area contributed by atoms with Gasteiger partial charge in [-0.05, 0) is 64.7 Å². The number of allylic oxidation sites excluding steroid dienone is 9. The largest absolute Gasteiger partial charge is 0.507 e. The summed E-state index contributed by atoms with van der Waals surface area (Å²) < 4.78 is 0. The van der Waals surface area contributed by atoms with Crippen molar-refractivity contribution in [3.05, 3.63) is 56.4 Å². The van der Waals surface area contributed by atoms with Gasteiger partial charge in [-0.25, -0.2) is 0 Å². The number of hydrogen-bond acceptors (Lipinski definition) is 2. The molecule has 2 nitrogen and oxygen atoms in total. The van der Waals surface area contributed by atoms with Crippen LogP contribution < -0.4 is 0 Å². The van der Waals surface area contributed by atoms with Crippen molar-refractivity contribution in [1.29, 1.82) is 0 Å². The Bertz CT molecular complexity index is 1020. The van der Waals surface area contributed by atoms with Gasteiger partial charge in [-0.2, -0.15) is 0 Å². The lowest BCUT2D eigenvalue weighted by atomic mass is 9.59. The molecule has 1 unspecified atom stereocenters. The van der Waals surface area contributed by atoms with Gasteiger partial charge in [0.15, 0.2) is 5.78 Å². The van der Waals surface area contributed by atoms with Crippen LogP contribution >= 0.6 is 0 Å². The van der Waals surface area contributed by atoms with Crippen molar-refractivity contribution in [2.24, 2.45) is 27.6 Å². The summed E-state index contributed by atoms with van der Waals surface area (Å²) in [6, 6.07) is 0. The van der Waals surface area contributed by atoms with Crippen LogP contribution in [0.1, 0.15) is 104 Å². The number of aliphatic hydroxyl groups excluding tert-OH is 1. The fourth-order valence-corrected chi connectivity index (χ4v) is 5.61. The maximum atomic E-state index is 14.3. The molecule has 0 spiro atoms. The lowest BCUT2D eigenvalue weighted by Gasteiger charge is -2.44. The quantitative estimate of drug-likeness (QED) is 0.372. The molecule has 0 aromatic rings. The molecule has 0 aromatic carbocycles. The van der Waals surface area contributed by atoms with Crippen LogP contribution in [0.25, 0.3) is 0 Å². The average molecular weight is 453 g/mol. The van der Waals surface area contributed by atoms with Crippen molar-refractivity contribution < 1.29 is 9.90 Å². The first-order valence-corrected chi connectivity index (χ1v) is 12.4. The van der Waals surface area contributed by atoms with Crippen LogP contribution in [0, 0.1) is 27.6 Å². The summed E-state index contributed by atoms with van der Waals surface area (Å²) in [5.74, 6) is 0.490. The van der Waals surface area contributed by atoms with Crippen molar-refractivity contribution in [2.45, 2.75) is 104 Å². The van der Waals surface area contributed by atoms with E-state index in [0.29, 0.717) is 5.76 Å². The molecule has 0 heterocycles. The molecule has 0 bridgehead atoms. The van der Waals surface area contributed by atoms with Crippen LogP contribution in [0.15, 0.2) is 56.4 Å². The van der Waals surface area contributed by atoms with E-state index in [1.54, 1.807) is 0 Å². The summed E-state index contributed by atoms with van der Waals surface area (Å²) in [6.45, 7) is 32.4. The predicted molar refractivity (Wildman–Crippen MR) is 142 cm³/mol. The Morgan fingerprint density at radius 2 is 1.21 bits per heavy atom. The van der Waals surface area contributed by atoms with Crippen LogP contribution in [0.2, 0.25) is 0 Å². The molecule has 0 saturated carbocycles. The van der Waals surface area contributed by atoms with Crippen molar-refractivity contribution in [3.8, 4) is 0 Å². The van der Waals surface area contributed by atoms with Crippen molar-refractivity contribution >= 4 is 5.78 Å². The zero-order chi connectivity index (χ0) is 26.1. The van der Waals surface area contributed by atoms with E-state index in [1.165, 1.54) is 5.57 Å². The minimum absolute atomic E-state index is 0.0389. The molecule has 1 atom stereocenters. The van der Waals surface area contributed by atoms with Gasteiger partial charge < -0.3 is 5.11 Å². The van der Waals surface area contributed by atoms with Gasteiger partial charge in [-0.1, -0.05) is 94.7 Å². The number of rotatable bonds is 0. The van der Waals surface area contributed by atoms with Gasteiger partial charge >= 0.3 is 0 Å². The number of carbonyl (C=O) groups excluding carboxylic acids is 1. The first-order chi connectivity index (χ1) is 14.5. The number of Topliss-reactive ketones (excluding diaryl/α,β-unsaturated/α-hetero) is 1. The molecule has 0 fully saturated rings. The first-order valence-electron chi connectivity index (χ1n) is 12.4. The Labute approximate surface area is 203 Å². The summed E-state index contributed by atoms with van der Waals surface area (Å²) in [4.78, 5) is 14.3. The summed E-state index contributed by atoms with van der Waals surface area (Å²) in [6.07, 6.45) is 2.14. The lowest BCUT2D eigenvalue weighted by molar-refractivity contribution is -0.113. The predicted octanol–water partition coefficient (Wildman–Crippen LogP) is 9.07. The Morgan fingerprint density at radius 3 is 1.58 bits per heavy atom. The van der Waals surface area contributed by atoms with Crippen molar-refractivity contribution in [2.75, 3.05) is 0 Å². The van der Waals surface area contributed by atoms with Crippen molar-refractivity contribution in [3.63, 3.8) is 0 Å². The monoisotopic (exact) mass is 452 g/mol. The molecule has 1 N–H and O–H groups in total. The number of ketones is 1. The topological polar surface area (TPSA) is 37.3 Å². The van der Waals surface area contributed by atoms with E-state index < -0.39 is 0 Å². The van der Waals surface area contributed by atoms with E-state index in [1.807, 2.05) is 6.92 Å². The third-order valence-electron chi connectivity index (χ3n) is 7.22. The molecular formula is C31H48O2. The summed E-state index contributed by atoms with van der Waals surface area (Å²) in [7, 11) is 0. The molecule has 0 saturated heterocycles. The highest BCUT2D eigenvalue weighted by Gasteiger charge is 2.45. The van der Waals surface area contributed by atoms with Crippen LogP contribution in [0.5, 0.6) is 0 Å². The van der Waals surface area contributed by atoms with Gasteiger partial charge in [0.25, 0.3) is 0 Å². The Kier molecular flexibility index (Phi) is 6.76. The standard InChI is InChI=1S/C31H48O2/c1-17-18(2)26(32)25(31(13,14)15)23(24(17)30(10,11)12)22-19(3)20(28(4,5)6)16-21(27(22)33)29(7,8)9/h16,24,32H,1-15H3. The highest BCUT2D eigenvalue weighted by Crippen LogP contribution is 2.54. The average Bonchev–Trinajstić information content (AvgIpc) is 2.55. The Hall–Kier alpha value is -1.83. The van der Waals surface area contributed by atoms with Crippen LogP contribution in [0.3, 0.4) is 0 Å². The summed E-state index contributed by atoms with van der Waals surface area (Å²) >= 11 is 0. The number of hydrogen-bond donors (Lipinski definition) is 1. The lowest BCUT2D eigenvalue weighted by Crippen LogP contribution is -2.36. The van der Waals surface area contributed by atoms with E-state index in [4.69, 9.17) is 0 Å². The van der Waals surface area contributed by atoms with Crippen LogP contribution in [0.4, 0.5) is 0 Å². The second-order valence-electron chi connectivity index (χ2n) is 14.3. The third-order valence-corrected chi connectivity index (χ3v) is 7.22. The zero-order valence-electron chi connectivity index (χ0n) is 24.0. The fraction of sp³-hybridized carbons (Fsp3) is 0.645. The van der Waals surface area contributed by atoms with Gasteiger partial charge in [-0.15, -0.1) is 0 Å². The Morgan fingerprint density at radius 1 is 0.727 bits per heavy atom. The summed E-state index contributed by atoms with van der Waals surface area (Å²) in [5, 5.41) is 11.5. The smallest absolute Gasteiger partial charge is 0.190 e. The fourth-order valence-electron chi connectivity index (χ4n) is 5.61. The minimum Gasteiger partial charge on any atom is -0.507 e. The molecule has 2 aliphatic rings. The first kappa shape index (κ1) is 27.4. The highest BCUT2D eigenvalue weighted by molar-refractivity contribution is 6.15. The molecule has 2 heteroatoms. The zero-order valence-corrected chi connectivity index (χ0v) is 24.0. The Balaban J connectivity index is 3.22. The second kappa shape index (κ2) is 8.14. The van der Waals surface area contributed by atoms with E-state index in [0.717, 1.165) is 39.0 Å². The van der Waals surface area contributed by atoms with Crippen molar-refractivity contribution in [1.82, 2.24) is 0 Å². The van der Waals surface area contributed by atoms with Gasteiger partial charge in [0.1, 0.15) is 5.76 Å². The molecule has 184 valence electrons. The van der Waals surface area contributed by atoms with Gasteiger partial charge in [-0.3, -0.25) is 4.79 Å². The van der Waals surface area contributed by atoms with Crippen LogP contribution in [-0.4, -0.2) is 10.9 Å². The third kappa shape index (κ3) is 4.86. The van der Waals surface area contributed by atoms with Crippen LogP contribution in [-0.2, 0) is 4.79 Å². The number of aliphatic hydroxyl groups is 1. The molecule has 0 radical (unpaired) electrons. The van der Waals surface area contributed by atoms with Gasteiger partial charge in [0.05, 0.1) is 0 Å². The maximum absolute atomic E-state index is 14.3. The SMILES string of the molecule is CC1=C(C)C(C(C)(C)C)C(=C2C(=O)C(C(C)(C)C)=CC(C(C)(C)C)=C2C)C(C(C)(C)C)=C1O. The number of carbonyl (C=O) groups is 1. The molecule has 0 aliphatic heterocycles. The molecule has 33 heavy (non-hydrogen) atoms. The van der Waals surface area contributed by atoms with E-state index in [2.05, 4.69) is 103 Å². The molecular weight excluding hydrogens is 404 g/mol. The molecule has 0 amide bonds. The maximum Gasteiger partial charge on any atom is 0.190 e. The normalized spacial score (nSPS) is 24.2. The molecule has 2 rings (SSSR count). The van der Waals surface area contributed by atoms with Gasteiger partial charge in [0, 0.05) is 22.6 Å². The second-order valence-corrected chi connectivity index (χ2v) is 14.3. The summed E-state index contributed by atoms with van der Waals surface area (Å²) in [5.41, 5.74) is 7.13. The minimum atomic E-state index is -0.316. The van der Waals surface area contributed by atoms with Gasteiger partial charge in [0.2, 0.25) is 0 Å². The van der Waals surface area contributed by atoms with E-state index in [-0.39, 0.29) is 33.4 Å². The highest BCUT2D eigenvalue weighted by atomic mass is 16.3. The van der Waals surface area contributed by atoms with E-state index >= 15 is 0 Å². The molecule has 0 aromatic heterocycles. The molecule has 2 aliphatic carbocycles. The van der Waals surface area contributed by atoms with E-state index in [9.17, 15) is 9.90 Å².